The first-order valence-corrected chi connectivity index (χ1v) is 9.52. The fourth-order valence-electron chi connectivity index (χ4n) is 3.18. The molecule has 4 heteroatoms. The third-order valence-electron chi connectivity index (χ3n) is 4.69. The van der Waals surface area contributed by atoms with Crippen LogP contribution in [-0.4, -0.2) is 37.0 Å². The normalized spacial score (nSPS) is 16.4. The summed E-state index contributed by atoms with van der Waals surface area (Å²) in [6, 6.07) is 9.37. The first-order chi connectivity index (χ1) is 11.7. The van der Waals surface area contributed by atoms with Gasteiger partial charge in [-0.1, -0.05) is 50.5 Å². The van der Waals surface area contributed by atoms with E-state index in [2.05, 4.69) is 60.7 Å². The number of aliphatic imine (C=N–C) groups is 1. The molecule has 2 N–H and O–H groups in total. The zero-order valence-corrected chi connectivity index (χ0v) is 15.6. The molecule has 0 atom stereocenters. The number of nitrogens with one attached hydrogen (secondary N) is 2. The van der Waals surface area contributed by atoms with Crippen molar-refractivity contribution >= 4 is 5.96 Å². The van der Waals surface area contributed by atoms with Crippen LogP contribution in [-0.2, 0) is 13.1 Å². The summed E-state index contributed by atoms with van der Waals surface area (Å²) in [5.74, 6) is 0.959. The van der Waals surface area contributed by atoms with Gasteiger partial charge in [-0.25, -0.2) is 4.99 Å². The Hall–Kier alpha value is -1.55. The van der Waals surface area contributed by atoms with Crippen LogP contribution in [0.4, 0.5) is 0 Å². The highest BCUT2D eigenvalue weighted by molar-refractivity contribution is 5.80. The molecule has 1 aliphatic carbocycles. The summed E-state index contributed by atoms with van der Waals surface area (Å²) in [5, 5.41) is 7.00. The summed E-state index contributed by atoms with van der Waals surface area (Å²) in [6.07, 6.45) is 6.59. The molecule has 1 aromatic carbocycles. The van der Waals surface area contributed by atoms with Crippen molar-refractivity contribution in [3.8, 4) is 0 Å². The van der Waals surface area contributed by atoms with Crippen molar-refractivity contribution in [1.82, 2.24) is 15.5 Å². The van der Waals surface area contributed by atoms with Gasteiger partial charge in [-0.15, -0.1) is 0 Å². The summed E-state index contributed by atoms with van der Waals surface area (Å²) >= 11 is 0. The molecule has 0 amide bonds. The molecule has 0 aliphatic heterocycles. The SMILES string of the molecule is CCNC(=NCc1cccc(CN(C)CC)c1)NC1CCCCC1. The van der Waals surface area contributed by atoms with Crippen LogP contribution in [0.3, 0.4) is 0 Å². The van der Waals surface area contributed by atoms with Gasteiger partial charge in [0.05, 0.1) is 6.54 Å². The second kappa shape index (κ2) is 10.3. The zero-order chi connectivity index (χ0) is 17.2. The van der Waals surface area contributed by atoms with Crippen molar-refractivity contribution in [3.05, 3.63) is 35.4 Å². The van der Waals surface area contributed by atoms with Crippen LogP contribution in [0.2, 0.25) is 0 Å². The van der Waals surface area contributed by atoms with Gasteiger partial charge in [-0.3, -0.25) is 0 Å². The molecule has 0 aromatic heterocycles. The van der Waals surface area contributed by atoms with Gasteiger partial charge in [0, 0.05) is 19.1 Å². The molecule has 134 valence electrons. The van der Waals surface area contributed by atoms with Crippen molar-refractivity contribution in [3.63, 3.8) is 0 Å². The van der Waals surface area contributed by atoms with Crippen molar-refractivity contribution in [2.24, 2.45) is 4.99 Å². The summed E-state index contributed by atoms with van der Waals surface area (Å²) < 4.78 is 0. The topological polar surface area (TPSA) is 39.7 Å². The molecule has 0 spiro atoms. The van der Waals surface area contributed by atoms with Crippen LogP contribution in [0.1, 0.15) is 57.1 Å². The van der Waals surface area contributed by atoms with Crippen LogP contribution >= 0.6 is 0 Å². The summed E-state index contributed by atoms with van der Waals surface area (Å²) in [4.78, 5) is 7.12. The van der Waals surface area contributed by atoms with Gasteiger partial charge in [0.25, 0.3) is 0 Å². The Morgan fingerprint density at radius 1 is 1.17 bits per heavy atom. The van der Waals surface area contributed by atoms with E-state index in [1.54, 1.807) is 0 Å². The van der Waals surface area contributed by atoms with E-state index in [1.165, 1.54) is 43.2 Å². The lowest BCUT2D eigenvalue weighted by atomic mass is 9.96. The molecule has 0 heterocycles. The number of guanidine groups is 1. The number of nitrogens with zero attached hydrogens (tertiary/aromatic N) is 2. The minimum absolute atomic E-state index is 0.584. The second-order valence-corrected chi connectivity index (χ2v) is 6.82. The molecule has 1 aliphatic rings. The maximum absolute atomic E-state index is 4.80. The van der Waals surface area contributed by atoms with Crippen LogP contribution < -0.4 is 10.6 Å². The molecule has 0 radical (unpaired) electrons. The summed E-state index contributed by atoms with van der Waals surface area (Å²) in [5.41, 5.74) is 2.63. The average Bonchev–Trinajstić information content (AvgIpc) is 2.61. The Morgan fingerprint density at radius 3 is 2.62 bits per heavy atom. The Kier molecular flexibility index (Phi) is 8.10. The Balaban J connectivity index is 1.95. The number of rotatable bonds is 7. The van der Waals surface area contributed by atoms with E-state index in [0.29, 0.717) is 6.04 Å². The fourth-order valence-corrected chi connectivity index (χ4v) is 3.18. The van der Waals surface area contributed by atoms with E-state index in [1.807, 2.05) is 0 Å². The molecular formula is C20H34N4. The van der Waals surface area contributed by atoms with E-state index < -0.39 is 0 Å². The van der Waals surface area contributed by atoms with Crippen LogP contribution in [0.25, 0.3) is 0 Å². The zero-order valence-electron chi connectivity index (χ0n) is 15.6. The van der Waals surface area contributed by atoms with Gasteiger partial charge in [-0.05, 0) is 44.5 Å². The van der Waals surface area contributed by atoms with Gasteiger partial charge in [0.15, 0.2) is 5.96 Å². The quantitative estimate of drug-likeness (QED) is 0.593. The molecule has 0 unspecified atom stereocenters. The predicted octanol–water partition coefficient (Wildman–Crippen LogP) is 3.53. The summed E-state index contributed by atoms with van der Waals surface area (Å²) in [7, 11) is 2.15. The lowest BCUT2D eigenvalue weighted by molar-refractivity contribution is 0.345. The Bertz CT molecular complexity index is 506. The van der Waals surface area contributed by atoms with Gasteiger partial charge in [0.1, 0.15) is 0 Å². The highest BCUT2D eigenvalue weighted by Crippen LogP contribution is 2.17. The van der Waals surface area contributed by atoms with Crippen LogP contribution in [0.15, 0.2) is 29.3 Å². The molecule has 0 saturated heterocycles. The first-order valence-electron chi connectivity index (χ1n) is 9.52. The van der Waals surface area contributed by atoms with E-state index in [9.17, 15) is 0 Å². The van der Waals surface area contributed by atoms with Crippen molar-refractivity contribution < 1.29 is 0 Å². The van der Waals surface area contributed by atoms with E-state index in [0.717, 1.165) is 32.1 Å². The fraction of sp³-hybridized carbons (Fsp3) is 0.650. The van der Waals surface area contributed by atoms with Crippen LogP contribution in [0.5, 0.6) is 0 Å². The van der Waals surface area contributed by atoms with Crippen LogP contribution in [0, 0.1) is 0 Å². The monoisotopic (exact) mass is 330 g/mol. The molecule has 0 bridgehead atoms. The smallest absolute Gasteiger partial charge is 0.191 e. The number of hydrogen-bond acceptors (Lipinski definition) is 2. The maximum Gasteiger partial charge on any atom is 0.191 e. The molecular weight excluding hydrogens is 296 g/mol. The van der Waals surface area contributed by atoms with E-state index >= 15 is 0 Å². The lowest BCUT2D eigenvalue weighted by Gasteiger charge is -2.24. The lowest BCUT2D eigenvalue weighted by Crippen LogP contribution is -2.44. The second-order valence-electron chi connectivity index (χ2n) is 6.82. The third-order valence-corrected chi connectivity index (χ3v) is 4.69. The highest BCUT2D eigenvalue weighted by Gasteiger charge is 2.14. The van der Waals surface area contributed by atoms with Crippen molar-refractivity contribution in [1.29, 1.82) is 0 Å². The van der Waals surface area contributed by atoms with Gasteiger partial charge in [0.2, 0.25) is 0 Å². The summed E-state index contributed by atoms with van der Waals surface area (Å²) in [6.45, 7) is 8.01. The average molecular weight is 331 g/mol. The van der Waals surface area contributed by atoms with E-state index in [4.69, 9.17) is 4.99 Å². The Morgan fingerprint density at radius 2 is 1.92 bits per heavy atom. The molecule has 4 nitrogen and oxygen atoms in total. The highest BCUT2D eigenvalue weighted by atomic mass is 15.2. The van der Waals surface area contributed by atoms with Gasteiger partial charge >= 0.3 is 0 Å². The standard InChI is InChI=1S/C20H34N4/c1-4-21-20(23-19-12-7-6-8-13-19)22-15-17-10-9-11-18(14-17)16-24(3)5-2/h9-11,14,19H,4-8,12-13,15-16H2,1-3H3,(H2,21,22,23). The Labute approximate surface area is 147 Å². The largest absolute Gasteiger partial charge is 0.357 e. The maximum atomic E-state index is 4.80. The van der Waals surface area contributed by atoms with Gasteiger partial charge < -0.3 is 15.5 Å². The molecule has 1 aromatic rings. The molecule has 24 heavy (non-hydrogen) atoms. The molecule has 1 saturated carbocycles. The number of hydrogen-bond donors (Lipinski definition) is 2. The first kappa shape index (κ1) is 18.8. The van der Waals surface area contributed by atoms with Crippen molar-refractivity contribution in [2.75, 3.05) is 20.1 Å². The van der Waals surface area contributed by atoms with Gasteiger partial charge in [-0.2, -0.15) is 0 Å². The minimum Gasteiger partial charge on any atom is -0.357 e. The molecule has 2 rings (SSSR count). The minimum atomic E-state index is 0.584. The van der Waals surface area contributed by atoms with Crippen molar-refractivity contribution in [2.45, 2.75) is 65.1 Å². The molecule has 1 fully saturated rings. The third kappa shape index (κ3) is 6.52. The number of benzene rings is 1. The van der Waals surface area contributed by atoms with E-state index in [-0.39, 0.29) is 0 Å². The predicted molar refractivity (Wildman–Crippen MR) is 103 cm³/mol.